The van der Waals surface area contributed by atoms with E-state index in [4.69, 9.17) is 15.2 Å². The normalized spacial score (nSPS) is 19.2. The highest BCUT2D eigenvalue weighted by atomic mass is 16.5. The number of ether oxygens (including phenoxy) is 2. The summed E-state index contributed by atoms with van der Waals surface area (Å²) in [5, 5.41) is 12.7. The first-order valence-electron chi connectivity index (χ1n) is 8.36. The average molecular weight is 344 g/mol. The van der Waals surface area contributed by atoms with E-state index in [1.807, 2.05) is 24.3 Å². The van der Waals surface area contributed by atoms with Crippen LogP contribution >= 0.6 is 0 Å². The molecule has 7 nitrogen and oxygen atoms in total. The second kappa shape index (κ2) is 7.57. The Hall–Kier alpha value is -2.54. The van der Waals surface area contributed by atoms with Crippen molar-refractivity contribution >= 4 is 11.8 Å². The van der Waals surface area contributed by atoms with E-state index in [1.54, 1.807) is 14.2 Å². The molecule has 1 fully saturated rings. The van der Waals surface area contributed by atoms with E-state index < -0.39 is 0 Å². The Morgan fingerprint density at radius 1 is 1.16 bits per heavy atom. The van der Waals surface area contributed by atoms with Crippen LogP contribution in [-0.2, 0) is 6.42 Å². The smallest absolute Gasteiger partial charge is 0.222 e. The second-order valence-electron chi connectivity index (χ2n) is 6.22. The van der Waals surface area contributed by atoms with Gasteiger partial charge in [-0.05, 0) is 37.0 Å². The number of methoxy groups -OCH3 is 2. The number of benzene rings is 1. The van der Waals surface area contributed by atoms with Crippen molar-refractivity contribution in [3.8, 4) is 11.5 Å². The van der Waals surface area contributed by atoms with Crippen LogP contribution in [0.25, 0.3) is 0 Å². The number of nitrogens with one attached hydrogen (secondary N) is 1. The molecule has 0 spiro atoms. The average Bonchev–Trinajstić information content (AvgIpc) is 2.58. The molecule has 0 amide bonds. The molecular weight excluding hydrogens is 320 g/mol. The molecule has 0 aliphatic heterocycles. The van der Waals surface area contributed by atoms with Gasteiger partial charge in [0.05, 0.1) is 26.0 Å². The lowest BCUT2D eigenvalue weighted by molar-refractivity contribution is 0.0732. The summed E-state index contributed by atoms with van der Waals surface area (Å²) in [5.74, 6) is 2.68. The lowest BCUT2D eigenvalue weighted by Gasteiger charge is -2.30. The van der Waals surface area contributed by atoms with Crippen LogP contribution in [0.4, 0.5) is 11.8 Å². The topological polar surface area (TPSA) is 103 Å². The Bertz CT molecular complexity index is 732. The standard InChI is InChI=1S/C18H24N4O3/c1-24-15-4-3-11(7-16(15)25-2)5-6-20-17-10-14(21-18(19)22-17)12-8-13(23)9-12/h3-4,7,10,12-13,23H,5-6,8-9H2,1-2H3,(H3,19,20,21,22). The zero-order valence-corrected chi connectivity index (χ0v) is 14.5. The first-order valence-corrected chi connectivity index (χ1v) is 8.36. The molecule has 1 saturated carbocycles. The van der Waals surface area contributed by atoms with Crippen LogP contribution in [0.5, 0.6) is 11.5 Å². The summed E-state index contributed by atoms with van der Waals surface area (Å²) in [4.78, 5) is 8.52. The van der Waals surface area contributed by atoms with Crippen molar-refractivity contribution in [3.63, 3.8) is 0 Å². The minimum absolute atomic E-state index is 0.220. The molecule has 4 N–H and O–H groups in total. The minimum atomic E-state index is -0.220. The SMILES string of the molecule is COc1ccc(CCNc2cc(C3CC(O)C3)nc(N)n2)cc1OC. The highest BCUT2D eigenvalue weighted by molar-refractivity contribution is 5.44. The van der Waals surface area contributed by atoms with E-state index in [2.05, 4.69) is 15.3 Å². The van der Waals surface area contributed by atoms with E-state index in [-0.39, 0.29) is 18.0 Å². The maximum Gasteiger partial charge on any atom is 0.222 e. The molecule has 1 aliphatic rings. The summed E-state index contributed by atoms with van der Waals surface area (Å²) in [6.45, 7) is 0.707. The quantitative estimate of drug-likeness (QED) is 0.705. The molecule has 3 rings (SSSR count). The predicted octanol–water partition coefficient (Wildman–Crippen LogP) is 1.97. The first kappa shape index (κ1) is 17.3. The monoisotopic (exact) mass is 344 g/mol. The molecule has 1 aliphatic carbocycles. The molecule has 7 heteroatoms. The van der Waals surface area contributed by atoms with E-state index in [0.29, 0.717) is 12.4 Å². The van der Waals surface area contributed by atoms with Crippen molar-refractivity contribution in [1.29, 1.82) is 0 Å². The van der Waals surface area contributed by atoms with Crippen LogP contribution in [0.3, 0.4) is 0 Å². The maximum absolute atomic E-state index is 9.46. The zero-order chi connectivity index (χ0) is 17.8. The molecule has 134 valence electrons. The highest BCUT2D eigenvalue weighted by Crippen LogP contribution is 2.36. The fourth-order valence-electron chi connectivity index (χ4n) is 2.99. The van der Waals surface area contributed by atoms with Gasteiger partial charge in [0.25, 0.3) is 0 Å². The molecule has 1 aromatic carbocycles. The summed E-state index contributed by atoms with van der Waals surface area (Å²) in [6, 6.07) is 7.80. The zero-order valence-electron chi connectivity index (χ0n) is 14.5. The fourth-order valence-corrected chi connectivity index (χ4v) is 2.99. The van der Waals surface area contributed by atoms with Gasteiger partial charge in [0.1, 0.15) is 5.82 Å². The van der Waals surface area contributed by atoms with Gasteiger partial charge in [-0.3, -0.25) is 0 Å². The van der Waals surface area contributed by atoms with Gasteiger partial charge in [-0.25, -0.2) is 4.98 Å². The van der Waals surface area contributed by atoms with Crippen molar-refractivity contribution in [1.82, 2.24) is 9.97 Å². The third-order valence-electron chi connectivity index (χ3n) is 4.46. The van der Waals surface area contributed by atoms with Crippen LogP contribution in [0.15, 0.2) is 24.3 Å². The molecule has 0 bridgehead atoms. The minimum Gasteiger partial charge on any atom is -0.493 e. The van der Waals surface area contributed by atoms with Gasteiger partial charge >= 0.3 is 0 Å². The van der Waals surface area contributed by atoms with Crippen LogP contribution in [0.1, 0.15) is 30.0 Å². The number of aliphatic hydroxyl groups is 1. The molecule has 0 radical (unpaired) electrons. The number of anilines is 2. The Morgan fingerprint density at radius 2 is 1.92 bits per heavy atom. The van der Waals surface area contributed by atoms with E-state index in [0.717, 1.165) is 42.0 Å². The van der Waals surface area contributed by atoms with E-state index in [1.165, 1.54) is 0 Å². The molecule has 0 saturated heterocycles. The van der Waals surface area contributed by atoms with Gasteiger partial charge < -0.3 is 25.6 Å². The molecule has 2 aromatic rings. The number of hydrogen-bond donors (Lipinski definition) is 3. The van der Waals surface area contributed by atoms with Gasteiger partial charge in [0.15, 0.2) is 11.5 Å². The van der Waals surface area contributed by atoms with Crippen LogP contribution in [-0.4, -0.2) is 41.9 Å². The lowest BCUT2D eigenvalue weighted by atomic mass is 9.80. The summed E-state index contributed by atoms with van der Waals surface area (Å²) in [5.41, 5.74) is 7.84. The Labute approximate surface area is 147 Å². The number of hydrogen-bond acceptors (Lipinski definition) is 7. The number of nitrogen functional groups attached to an aromatic ring is 1. The van der Waals surface area contributed by atoms with Crippen molar-refractivity contribution in [2.45, 2.75) is 31.3 Å². The van der Waals surface area contributed by atoms with Crippen LogP contribution in [0, 0.1) is 0 Å². The van der Waals surface area contributed by atoms with Crippen molar-refractivity contribution in [2.75, 3.05) is 31.8 Å². The molecule has 0 atom stereocenters. The Kier molecular flexibility index (Phi) is 5.23. The van der Waals surface area contributed by atoms with E-state index >= 15 is 0 Å². The van der Waals surface area contributed by atoms with Gasteiger partial charge in [-0.1, -0.05) is 6.07 Å². The van der Waals surface area contributed by atoms with Crippen molar-refractivity contribution < 1.29 is 14.6 Å². The van der Waals surface area contributed by atoms with Gasteiger partial charge in [-0.15, -0.1) is 0 Å². The highest BCUT2D eigenvalue weighted by Gasteiger charge is 2.30. The largest absolute Gasteiger partial charge is 0.493 e. The summed E-state index contributed by atoms with van der Waals surface area (Å²) in [6.07, 6.45) is 2.06. The molecular formula is C18H24N4O3. The maximum atomic E-state index is 9.46. The second-order valence-corrected chi connectivity index (χ2v) is 6.22. The summed E-state index contributed by atoms with van der Waals surface area (Å²) >= 11 is 0. The van der Waals surface area contributed by atoms with Gasteiger partial charge in [0.2, 0.25) is 5.95 Å². The molecule has 25 heavy (non-hydrogen) atoms. The van der Waals surface area contributed by atoms with Gasteiger partial charge in [0, 0.05) is 18.5 Å². The van der Waals surface area contributed by atoms with Crippen LogP contribution in [0.2, 0.25) is 0 Å². The van der Waals surface area contributed by atoms with Crippen LogP contribution < -0.4 is 20.5 Å². The molecule has 0 unspecified atom stereocenters. The fraction of sp³-hybridized carbons (Fsp3) is 0.444. The van der Waals surface area contributed by atoms with Crippen molar-refractivity contribution in [3.05, 3.63) is 35.5 Å². The number of nitrogens with two attached hydrogens (primary N) is 1. The van der Waals surface area contributed by atoms with Gasteiger partial charge in [-0.2, -0.15) is 4.98 Å². The molecule has 1 aromatic heterocycles. The number of aliphatic hydroxyl groups excluding tert-OH is 1. The Morgan fingerprint density at radius 3 is 2.60 bits per heavy atom. The number of rotatable bonds is 7. The number of nitrogens with zero attached hydrogens (tertiary/aromatic N) is 2. The van der Waals surface area contributed by atoms with Crippen molar-refractivity contribution in [2.24, 2.45) is 0 Å². The predicted molar refractivity (Wildman–Crippen MR) is 96.2 cm³/mol. The summed E-state index contributed by atoms with van der Waals surface area (Å²) < 4.78 is 10.6. The Balaban J connectivity index is 1.60. The summed E-state index contributed by atoms with van der Waals surface area (Å²) in [7, 11) is 3.25. The molecule has 1 heterocycles. The number of aromatic nitrogens is 2. The first-order chi connectivity index (χ1) is 12.1. The lowest BCUT2D eigenvalue weighted by Crippen LogP contribution is -2.27. The third-order valence-corrected chi connectivity index (χ3v) is 4.46. The van der Waals surface area contributed by atoms with E-state index in [9.17, 15) is 5.11 Å². The third kappa shape index (κ3) is 4.11.